The second-order valence-corrected chi connectivity index (χ2v) is 6.64. The lowest BCUT2D eigenvalue weighted by Crippen LogP contribution is -2.46. The Morgan fingerprint density at radius 2 is 1.93 bits per heavy atom. The summed E-state index contributed by atoms with van der Waals surface area (Å²) in [6.07, 6.45) is 3.85. The van der Waals surface area contributed by atoms with E-state index in [0.29, 0.717) is 37.7 Å². The molecular formula is C20H25F2IN6O. The van der Waals surface area contributed by atoms with Crippen molar-refractivity contribution in [1.82, 2.24) is 20.9 Å². The molecule has 0 radical (unpaired) electrons. The molecule has 162 valence electrons. The quantitative estimate of drug-likeness (QED) is 0.231. The van der Waals surface area contributed by atoms with E-state index in [-0.39, 0.29) is 41.6 Å². The molecule has 1 aliphatic rings. The number of halogens is 3. The summed E-state index contributed by atoms with van der Waals surface area (Å²) in [7, 11) is 1.65. The van der Waals surface area contributed by atoms with Crippen LogP contribution in [-0.2, 0) is 0 Å². The second kappa shape index (κ2) is 11.6. The van der Waals surface area contributed by atoms with Crippen molar-refractivity contribution in [2.75, 3.05) is 38.1 Å². The van der Waals surface area contributed by atoms with Crippen LogP contribution in [0.2, 0.25) is 0 Å². The summed E-state index contributed by atoms with van der Waals surface area (Å²) >= 11 is 0. The Morgan fingerprint density at radius 3 is 2.60 bits per heavy atom. The van der Waals surface area contributed by atoms with Crippen LogP contribution >= 0.6 is 24.0 Å². The molecule has 2 heterocycles. The van der Waals surface area contributed by atoms with Crippen molar-refractivity contribution in [2.24, 2.45) is 4.99 Å². The Bertz CT molecular complexity index is 847. The number of nitrogens with one attached hydrogen (secondary N) is 3. The van der Waals surface area contributed by atoms with Crippen molar-refractivity contribution in [3.8, 4) is 0 Å². The Hall–Kier alpha value is -2.50. The number of guanidine groups is 1. The lowest BCUT2D eigenvalue weighted by molar-refractivity contribution is 0.0954. The summed E-state index contributed by atoms with van der Waals surface area (Å²) in [5.74, 6) is -0.738. The lowest BCUT2D eigenvalue weighted by atomic mass is 10.2. The highest BCUT2D eigenvalue weighted by Crippen LogP contribution is 2.26. The van der Waals surface area contributed by atoms with Gasteiger partial charge in [0.05, 0.1) is 5.56 Å². The fourth-order valence-corrected chi connectivity index (χ4v) is 3.22. The Kier molecular flexibility index (Phi) is 9.21. The molecule has 7 nitrogen and oxygen atoms in total. The van der Waals surface area contributed by atoms with Gasteiger partial charge in [0.1, 0.15) is 17.3 Å². The highest BCUT2D eigenvalue weighted by Gasteiger charge is 2.27. The van der Waals surface area contributed by atoms with Crippen molar-refractivity contribution in [3.63, 3.8) is 0 Å². The van der Waals surface area contributed by atoms with Crippen molar-refractivity contribution in [1.29, 1.82) is 0 Å². The van der Waals surface area contributed by atoms with Gasteiger partial charge in [-0.25, -0.2) is 8.78 Å². The van der Waals surface area contributed by atoms with Crippen LogP contribution < -0.4 is 20.9 Å². The number of hydrogen-bond donors (Lipinski definition) is 3. The lowest BCUT2D eigenvalue weighted by Gasteiger charge is -2.21. The molecule has 0 bridgehead atoms. The first-order valence-electron chi connectivity index (χ1n) is 9.43. The smallest absolute Gasteiger partial charge is 0.252 e. The van der Waals surface area contributed by atoms with Gasteiger partial charge in [0.2, 0.25) is 0 Å². The van der Waals surface area contributed by atoms with Crippen molar-refractivity contribution >= 4 is 41.5 Å². The first-order chi connectivity index (χ1) is 14.1. The van der Waals surface area contributed by atoms with E-state index >= 15 is 0 Å². The minimum absolute atomic E-state index is 0. The second-order valence-electron chi connectivity index (χ2n) is 6.64. The molecule has 0 spiro atoms. The number of pyridine rings is 1. The number of amides is 1. The molecule has 1 unspecified atom stereocenters. The highest BCUT2D eigenvalue weighted by atomic mass is 127. The number of para-hydroxylation sites is 1. The van der Waals surface area contributed by atoms with Crippen LogP contribution in [0.5, 0.6) is 0 Å². The van der Waals surface area contributed by atoms with E-state index in [1.807, 2.05) is 0 Å². The molecule has 30 heavy (non-hydrogen) atoms. The number of aliphatic imine (C=N–C) groups is 1. The fraction of sp³-hybridized carbons (Fsp3) is 0.350. The zero-order chi connectivity index (χ0) is 20.6. The summed E-state index contributed by atoms with van der Waals surface area (Å²) in [4.78, 5) is 21.7. The molecule has 1 fully saturated rings. The third kappa shape index (κ3) is 6.25. The van der Waals surface area contributed by atoms with Gasteiger partial charge in [-0.2, -0.15) is 0 Å². The van der Waals surface area contributed by atoms with Gasteiger partial charge in [0.15, 0.2) is 5.96 Å². The van der Waals surface area contributed by atoms with Gasteiger partial charge in [0, 0.05) is 51.7 Å². The summed E-state index contributed by atoms with van der Waals surface area (Å²) in [5.41, 5.74) is 0.513. The maximum Gasteiger partial charge on any atom is 0.252 e. The maximum absolute atomic E-state index is 14.0. The molecule has 0 saturated carbocycles. The van der Waals surface area contributed by atoms with E-state index < -0.39 is 11.6 Å². The third-order valence-electron chi connectivity index (χ3n) is 4.63. The van der Waals surface area contributed by atoms with E-state index in [0.717, 1.165) is 6.42 Å². The Labute approximate surface area is 191 Å². The molecule has 3 N–H and O–H groups in total. The molecule has 1 amide bonds. The van der Waals surface area contributed by atoms with Gasteiger partial charge in [-0.05, 0) is 30.7 Å². The molecule has 1 saturated heterocycles. The van der Waals surface area contributed by atoms with Crippen LogP contribution in [0, 0.1) is 11.6 Å². The van der Waals surface area contributed by atoms with Crippen LogP contribution in [0.3, 0.4) is 0 Å². The van der Waals surface area contributed by atoms with Gasteiger partial charge in [-0.1, -0.05) is 6.07 Å². The normalized spacial score (nSPS) is 16.0. The SMILES string of the molecule is CN=C(NCCNC(=O)c1cccnc1)NC1CCN(c2c(F)cccc2F)C1.I. The van der Waals surface area contributed by atoms with Crippen LogP contribution in [0.15, 0.2) is 47.7 Å². The monoisotopic (exact) mass is 530 g/mol. The van der Waals surface area contributed by atoms with Gasteiger partial charge in [0.25, 0.3) is 5.91 Å². The van der Waals surface area contributed by atoms with E-state index in [2.05, 4.69) is 25.9 Å². The minimum Gasteiger partial charge on any atom is -0.365 e. The largest absolute Gasteiger partial charge is 0.365 e. The average Bonchev–Trinajstić information content (AvgIpc) is 3.18. The van der Waals surface area contributed by atoms with E-state index in [1.165, 1.54) is 24.4 Å². The van der Waals surface area contributed by atoms with Crippen molar-refractivity contribution in [3.05, 3.63) is 59.9 Å². The molecule has 1 atom stereocenters. The summed E-state index contributed by atoms with van der Waals surface area (Å²) in [6, 6.07) is 7.29. The van der Waals surface area contributed by atoms with Crippen LogP contribution in [0.25, 0.3) is 0 Å². The van der Waals surface area contributed by atoms with E-state index in [9.17, 15) is 13.6 Å². The molecule has 1 aromatic carbocycles. The number of nitrogens with zero attached hydrogens (tertiary/aromatic N) is 3. The van der Waals surface area contributed by atoms with Crippen LogP contribution in [0.4, 0.5) is 14.5 Å². The van der Waals surface area contributed by atoms with Crippen LogP contribution in [-0.4, -0.2) is 56.1 Å². The van der Waals surface area contributed by atoms with Gasteiger partial charge < -0.3 is 20.9 Å². The van der Waals surface area contributed by atoms with Gasteiger partial charge >= 0.3 is 0 Å². The van der Waals surface area contributed by atoms with E-state index in [4.69, 9.17) is 0 Å². The fourth-order valence-electron chi connectivity index (χ4n) is 3.22. The maximum atomic E-state index is 14.0. The van der Waals surface area contributed by atoms with Gasteiger partial charge in [-0.3, -0.25) is 14.8 Å². The van der Waals surface area contributed by atoms with Crippen LogP contribution in [0.1, 0.15) is 16.8 Å². The molecular weight excluding hydrogens is 505 g/mol. The number of carbonyl (C=O) groups excluding carboxylic acids is 1. The first kappa shape index (κ1) is 23.8. The number of anilines is 1. The molecule has 1 aliphatic heterocycles. The summed E-state index contributed by atoms with van der Waals surface area (Å²) in [5, 5.41) is 9.17. The zero-order valence-electron chi connectivity index (χ0n) is 16.6. The molecule has 3 rings (SSSR count). The minimum atomic E-state index is -0.558. The molecule has 1 aromatic heterocycles. The van der Waals surface area contributed by atoms with E-state index in [1.54, 1.807) is 30.3 Å². The summed E-state index contributed by atoms with van der Waals surface area (Å²) < 4.78 is 27.9. The average molecular weight is 530 g/mol. The predicted molar refractivity (Wildman–Crippen MR) is 123 cm³/mol. The molecule has 0 aliphatic carbocycles. The summed E-state index contributed by atoms with van der Waals surface area (Å²) in [6.45, 7) is 1.90. The Balaban J connectivity index is 0.00000320. The zero-order valence-corrected chi connectivity index (χ0v) is 18.9. The number of carbonyl (C=O) groups is 1. The third-order valence-corrected chi connectivity index (χ3v) is 4.63. The number of aromatic nitrogens is 1. The number of rotatable bonds is 6. The highest BCUT2D eigenvalue weighted by molar-refractivity contribution is 14.0. The Morgan fingerprint density at radius 1 is 1.20 bits per heavy atom. The van der Waals surface area contributed by atoms with Crippen molar-refractivity contribution < 1.29 is 13.6 Å². The predicted octanol–water partition coefficient (Wildman–Crippen LogP) is 2.15. The molecule has 2 aromatic rings. The first-order valence-corrected chi connectivity index (χ1v) is 9.43. The van der Waals surface area contributed by atoms with Crippen molar-refractivity contribution in [2.45, 2.75) is 12.5 Å². The van der Waals surface area contributed by atoms with Gasteiger partial charge in [-0.15, -0.1) is 24.0 Å². The number of benzene rings is 1. The standard InChI is InChI=1S/C20H24F2N6O.HI/c1-23-20(26-10-9-25-19(29)14-4-3-8-24-12-14)27-15-7-11-28(13-15)18-16(21)5-2-6-17(18)22;/h2-6,8,12,15H,7,9-11,13H2,1H3,(H,25,29)(H2,23,26,27);1H. The topological polar surface area (TPSA) is 81.6 Å². The number of hydrogen-bond acceptors (Lipinski definition) is 4. The molecule has 10 heteroatoms.